The molecule has 3 nitrogen and oxygen atoms in total. The van der Waals surface area contributed by atoms with Gasteiger partial charge in [0.25, 0.3) is 0 Å². The third-order valence-corrected chi connectivity index (χ3v) is 3.53. The number of carbonyl (C=O) groups excluding carboxylic acids is 1. The number of aromatic carboxylic acids is 1. The van der Waals surface area contributed by atoms with E-state index in [0.717, 1.165) is 10.8 Å². The van der Waals surface area contributed by atoms with Gasteiger partial charge in [0, 0.05) is 5.56 Å². The summed E-state index contributed by atoms with van der Waals surface area (Å²) in [5.74, 6) is -1.13. The summed E-state index contributed by atoms with van der Waals surface area (Å²) in [6.07, 6.45) is 5.43. The molecule has 2 rings (SSSR count). The monoisotopic (exact) mass is 301 g/mol. The number of hydrogen-bond donors (Lipinski definition) is 1. The van der Waals surface area contributed by atoms with Gasteiger partial charge in [-0.05, 0) is 23.6 Å². The quantitative estimate of drug-likeness (QED) is 0.798. The van der Waals surface area contributed by atoms with Crippen LogP contribution in [-0.4, -0.2) is 19.1 Å². The fourth-order valence-corrected chi connectivity index (χ4v) is 2.24. The van der Waals surface area contributed by atoms with Crippen molar-refractivity contribution in [1.82, 2.24) is 0 Å². The van der Waals surface area contributed by atoms with Gasteiger partial charge in [-0.15, -0.1) is 0 Å². The lowest BCUT2D eigenvalue weighted by Crippen LogP contribution is -2.84. The number of rotatable bonds is 7. The van der Waals surface area contributed by atoms with Crippen LogP contribution >= 0.6 is 0 Å². The van der Waals surface area contributed by atoms with Crippen molar-refractivity contribution in [2.75, 3.05) is 13.1 Å². The van der Waals surface area contributed by atoms with Crippen LogP contribution in [0, 0.1) is 0 Å². The number of fused-ring (bicyclic) bond motifs is 1. The molecular weight excluding hydrogens is 274 g/mol. The molecule has 2 aromatic carbocycles. The second-order valence-corrected chi connectivity index (χ2v) is 5.39. The summed E-state index contributed by atoms with van der Waals surface area (Å²) in [5.41, 5.74) is 0.248. The second kappa shape index (κ2) is 10.8. The van der Waals surface area contributed by atoms with Crippen molar-refractivity contribution in [3.05, 3.63) is 48.0 Å². The van der Waals surface area contributed by atoms with E-state index in [1.54, 1.807) is 18.2 Å². The van der Waals surface area contributed by atoms with Crippen molar-refractivity contribution >= 4 is 16.7 Å². The van der Waals surface area contributed by atoms with Crippen LogP contribution < -0.4 is 10.4 Å². The summed E-state index contributed by atoms with van der Waals surface area (Å²) in [7, 11) is 0. The van der Waals surface area contributed by atoms with Gasteiger partial charge in [0.05, 0.1) is 19.1 Å². The van der Waals surface area contributed by atoms with Gasteiger partial charge < -0.3 is 15.2 Å². The number of hydrogen-bond acceptors (Lipinski definition) is 2. The molecule has 0 bridgehead atoms. The Morgan fingerprint density at radius 1 is 0.955 bits per heavy atom. The van der Waals surface area contributed by atoms with Crippen LogP contribution in [0.2, 0.25) is 0 Å². The Balaban J connectivity index is 0.000000239. The number of carbonyl (C=O) groups is 1. The predicted octanol–water partition coefficient (Wildman–Crippen LogP) is 2.35. The molecule has 2 aromatic rings. The molecule has 0 saturated carbocycles. The minimum absolute atomic E-state index is 0.248. The zero-order valence-electron chi connectivity index (χ0n) is 13.7. The smallest absolute Gasteiger partial charge is 0.0755 e. The summed E-state index contributed by atoms with van der Waals surface area (Å²) in [6, 6.07) is 12.5. The third kappa shape index (κ3) is 6.27. The van der Waals surface area contributed by atoms with Gasteiger partial charge in [0.1, 0.15) is 0 Å². The van der Waals surface area contributed by atoms with Gasteiger partial charge in [-0.25, -0.2) is 0 Å². The first-order chi connectivity index (χ1) is 10.7. The Morgan fingerprint density at radius 2 is 1.55 bits per heavy atom. The SMILES string of the molecule is CCCC[NH2+]CCCC.O=C([O-])c1cccc2ccccc12. The lowest BCUT2D eigenvalue weighted by molar-refractivity contribution is -0.655. The maximum absolute atomic E-state index is 10.7. The van der Waals surface area contributed by atoms with Crippen molar-refractivity contribution in [3.8, 4) is 0 Å². The number of quaternary nitrogens is 1. The molecule has 0 fully saturated rings. The van der Waals surface area contributed by atoms with E-state index < -0.39 is 5.97 Å². The van der Waals surface area contributed by atoms with Gasteiger partial charge in [0.15, 0.2) is 0 Å². The van der Waals surface area contributed by atoms with E-state index in [-0.39, 0.29) is 5.56 Å². The Kier molecular flexibility index (Phi) is 8.92. The van der Waals surface area contributed by atoms with Crippen molar-refractivity contribution in [2.45, 2.75) is 39.5 Å². The molecule has 0 radical (unpaired) electrons. The zero-order chi connectivity index (χ0) is 16.2. The third-order valence-electron chi connectivity index (χ3n) is 3.53. The molecule has 0 spiro atoms. The molecule has 0 aromatic heterocycles. The maximum Gasteiger partial charge on any atom is 0.0755 e. The van der Waals surface area contributed by atoms with Gasteiger partial charge in [-0.3, -0.25) is 0 Å². The number of carboxylic acid groups (broad SMARTS) is 1. The number of nitrogens with two attached hydrogens (primary N) is 1. The summed E-state index contributed by atoms with van der Waals surface area (Å²) in [6.45, 7) is 7.15. The number of unbranched alkanes of at least 4 members (excludes halogenated alkanes) is 2. The topological polar surface area (TPSA) is 56.7 Å². The minimum Gasteiger partial charge on any atom is -0.545 e. The zero-order valence-corrected chi connectivity index (χ0v) is 13.7. The first kappa shape index (κ1) is 18.2. The first-order valence-electron chi connectivity index (χ1n) is 8.21. The van der Waals surface area contributed by atoms with Crippen molar-refractivity contribution in [2.24, 2.45) is 0 Å². The highest BCUT2D eigenvalue weighted by atomic mass is 16.4. The van der Waals surface area contributed by atoms with E-state index in [0.29, 0.717) is 0 Å². The lowest BCUT2D eigenvalue weighted by atomic mass is 10.1. The summed E-state index contributed by atoms with van der Waals surface area (Å²) >= 11 is 0. The van der Waals surface area contributed by atoms with Crippen LogP contribution in [0.5, 0.6) is 0 Å². The molecule has 0 aliphatic rings. The van der Waals surface area contributed by atoms with Crippen LogP contribution in [-0.2, 0) is 0 Å². The molecule has 2 N–H and O–H groups in total. The fourth-order valence-electron chi connectivity index (χ4n) is 2.24. The standard InChI is InChI=1S/C11H8O2.C8H19N/c12-11(13)10-7-3-5-8-4-1-2-6-9(8)10;1-3-5-7-9-8-6-4-2/h1-7H,(H,12,13);9H,3-8H2,1-2H3. The highest BCUT2D eigenvalue weighted by Crippen LogP contribution is 2.17. The van der Waals surface area contributed by atoms with Gasteiger partial charge >= 0.3 is 0 Å². The second-order valence-electron chi connectivity index (χ2n) is 5.39. The largest absolute Gasteiger partial charge is 0.545 e. The molecule has 0 heterocycles. The molecule has 0 aliphatic carbocycles. The Labute approximate surface area is 133 Å². The number of carboxylic acids is 1. The van der Waals surface area contributed by atoms with E-state index in [9.17, 15) is 9.90 Å². The average Bonchev–Trinajstić information content (AvgIpc) is 2.55. The Hall–Kier alpha value is -1.87. The molecule has 0 atom stereocenters. The fraction of sp³-hybridized carbons (Fsp3) is 0.421. The van der Waals surface area contributed by atoms with Crippen LogP contribution in [0.25, 0.3) is 10.8 Å². The minimum atomic E-state index is -1.13. The van der Waals surface area contributed by atoms with Crippen molar-refractivity contribution in [3.63, 3.8) is 0 Å². The van der Waals surface area contributed by atoms with Gasteiger partial charge in [-0.2, -0.15) is 0 Å². The van der Waals surface area contributed by atoms with Gasteiger partial charge in [-0.1, -0.05) is 69.2 Å². The molecule has 0 saturated heterocycles. The van der Waals surface area contributed by atoms with Crippen LogP contribution in [0.4, 0.5) is 0 Å². The highest BCUT2D eigenvalue weighted by molar-refractivity contribution is 6.02. The lowest BCUT2D eigenvalue weighted by Gasteiger charge is -2.05. The van der Waals surface area contributed by atoms with Crippen LogP contribution in [0.15, 0.2) is 42.5 Å². The van der Waals surface area contributed by atoms with E-state index in [1.165, 1.54) is 38.8 Å². The Morgan fingerprint density at radius 3 is 2.14 bits per heavy atom. The van der Waals surface area contributed by atoms with Crippen molar-refractivity contribution in [1.29, 1.82) is 0 Å². The summed E-state index contributed by atoms with van der Waals surface area (Å²) in [5, 5.41) is 14.8. The van der Waals surface area contributed by atoms with Gasteiger partial charge in [0.2, 0.25) is 0 Å². The molecule has 0 aliphatic heterocycles. The summed E-state index contributed by atoms with van der Waals surface area (Å²) in [4.78, 5) is 10.7. The van der Waals surface area contributed by atoms with Crippen molar-refractivity contribution < 1.29 is 15.2 Å². The van der Waals surface area contributed by atoms with E-state index in [1.807, 2.05) is 24.3 Å². The molecular formula is C19H27NO2. The Bertz CT molecular complexity index is 555. The van der Waals surface area contributed by atoms with E-state index in [2.05, 4.69) is 19.2 Å². The van der Waals surface area contributed by atoms with Crippen LogP contribution in [0.1, 0.15) is 49.9 Å². The summed E-state index contributed by atoms with van der Waals surface area (Å²) < 4.78 is 0. The van der Waals surface area contributed by atoms with Crippen LogP contribution in [0.3, 0.4) is 0 Å². The van der Waals surface area contributed by atoms with E-state index in [4.69, 9.17) is 0 Å². The molecule has 0 unspecified atom stereocenters. The predicted molar refractivity (Wildman–Crippen MR) is 89.8 cm³/mol. The molecule has 22 heavy (non-hydrogen) atoms. The number of benzene rings is 2. The molecule has 120 valence electrons. The first-order valence-corrected chi connectivity index (χ1v) is 8.21. The molecule has 3 heteroatoms. The van der Waals surface area contributed by atoms with E-state index >= 15 is 0 Å². The molecule has 0 amide bonds. The average molecular weight is 301 g/mol. The maximum atomic E-state index is 10.7. The highest BCUT2D eigenvalue weighted by Gasteiger charge is 1.99. The normalized spacial score (nSPS) is 10.1.